The monoisotopic (exact) mass is 264 g/mol. The first-order valence-corrected chi connectivity index (χ1v) is 7.72. The highest BCUT2D eigenvalue weighted by Crippen LogP contribution is 2.14. The zero-order valence-corrected chi connectivity index (χ0v) is 13.6. The van der Waals surface area contributed by atoms with Crippen LogP contribution >= 0.6 is 0 Å². The van der Waals surface area contributed by atoms with E-state index in [0.29, 0.717) is 6.42 Å². The van der Waals surface area contributed by atoms with E-state index in [1.807, 2.05) is 0 Å². The van der Waals surface area contributed by atoms with Crippen molar-refractivity contribution in [2.45, 2.75) is 79.6 Å². The predicted molar refractivity (Wildman–Crippen MR) is 85.4 cm³/mol. The molecule has 0 unspecified atom stereocenters. The van der Waals surface area contributed by atoms with Crippen molar-refractivity contribution in [1.29, 1.82) is 0 Å². The molecule has 0 heterocycles. The van der Waals surface area contributed by atoms with Crippen LogP contribution in [0.25, 0.3) is 0 Å². The molecule has 0 amide bonds. The van der Waals surface area contributed by atoms with Gasteiger partial charge in [0.2, 0.25) is 0 Å². The van der Waals surface area contributed by atoms with Gasteiger partial charge in [0.25, 0.3) is 0 Å². The van der Waals surface area contributed by atoms with Gasteiger partial charge in [-0.1, -0.05) is 43.6 Å². The van der Waals surface area contributed by atoms with Crippen LogP contribution in [0.5, 0.6) is 0 Å². The summed E-state index contributed by atoms with van der Waals surface area (Å²) in [5.41, 5.74) is 2.93. The molecule has 0 fully saturated rings. The molecular weight excluding hydrogens is 232 g/mol. The summed E-state index contributed by atoms with van der Waals surface area (Å²) in [5.74, 6) is 1.10. The standard InChI is InChI=1S/C18H32O/c1-15(2)9-6-10-16(3)11-7-12-17(4)13-8-14-18(5)19/h11,13,15H,6-10,12,14H2,1-5H3/b16-11?,17-13-. The number of ketones is 1. The van der Waals surface area contributed by atoms with Crippen molar-refractivity contribution in [2.75, 3.05) is 0 Å². The second-order valence-corrected chi connectivity index (χ2v) is 6.17. The van der Waals surface area contributed by atoms with Crippen LogP contribution in [0.15, 0.2) is 23.3 Å². The van der Waals surface area contributed by atoms with Crippen LogP contribution in [0.4, 0.5) is 0 Å². The number of carbonyl (C=O) groups is 1. The van der Waals surface area contributed by atoms with Gasteiger partial charge in [-0.2, -0.15) is 0 Å². The third kappa shape index (κ3) is 13.4. The Kier molecular flexibility index (Phi) is 10.5. The maximum Gasteiger partial charge on any atom is 0.130 e. The molecule has 0 aliphatic rings. The fourth-order valence-electron chi connectivity index (χ4n) is 2.06. The highest BCUT2D eigenvalue weighted by molar-refractivity contribution is 5.75. The number of hydrogen-bond acceptors (Lipinski definition) is 1. The summed E-state index contributed by atoms with van der Waals surface area (Å²) >= 11 is 0. The van der Waals surface area contributed by atoms with E-state index in [1.54, 1.807) is 6.92 Å². The third-order valence-corrected chi connectivity index (χ3v) is 3.37. The summed E-state index contributed by atoms with van der Waals surface area (Å²) in [4.78, 5) is 10.8. The molecule has 0 saturated heterocycles. The number of hydrogen-bond donors (Lipinski definition) is 0. The first kappa shape index (κ1) is 18.1. The molecule has 1 heteroatoms. The highest BCUT2D eigenvalue weighted by Gasteiger charge is 1.96. The van der Waals surface area contributed by atoms with E-state index >= 15 is 0 Å². The lowest BCUT2D eigenvalue weighted by molar-refractivity contribution is -0.116. The topological polar surface area (TPSA) is 17.1 Å². The van der Waals surface area contributed by atoms with Gasteiger partial charge in [0.1, 0.15) is 5.78 Å². The second-order valence-electron chi connectivity index (χ2n) is 6.17. The molecule has 1 nitrogen and oxygen atoms in total. The van der Waals surface area contributed by atoms with Crippen LogP contribution in [0.1, 0.15) is 79.6 Å². The van der Waals surface area contributed by atoms with Crippen LogP contribution in [0, 0.1) is 5.92 Å². The summed E-state index contributed by atoms with van der Waals surface area (Å²) < 4.78 is 0. The number of Topliss-reactive ketones (excluding diaryl/α,β-unsaturated/α-hetero) is 1. The van der Waals surface area contributed by atoms with Crippen LogP contribution in [0.2, 0.25) is 0 Å². The SMILES string of the molecule is CC(=O)CC/C=C(/C)CCC=C(C)CCCC(C)C. The molecule has 0 atom stereocenters. The molecule has 0 aromatic heterocycles. The molecule has 0 aliphatic carbocycles. The van der Waals surface area contributed by atoms with Crippen LogP contribution in [0.3, 0.4) is 0 Å². The van der Waals surface area contributed by atoms with Gasteiger partial charge in [0.05, 0.1) is 0 Å². The average Bonchev–Trinajstić information content (AvgIpc) is 2.27. The smallest absolute Gasteiger partial charge is 0.130 e. The molecule has 0 spiro atoms. The van der Waals surface area contributed by atoms with E-state index in [1.165, 1.54) is 30.4 Å². The lowest BCUT2D eigenvalue weighted by Crippen LogP contribution is -1.88. The molecule has 0 aromatic carbocycles. The quantitative estimate of drug-likeness (QED) is 0.452. The van der Waals surface area contributed by atoms with Crippen molar-refractivity contribution in [2.24, 2.45) is 5.92 Å². The van der Waals surface area contributed by atoms with Gasteiger partial charge < -0.3 is 4.79 Å². The number of allylic oxidation sites excluding steroid dienone is 4. The summed E-state index contributed by atoms with van der Waals surface area (Å²) in [5, 5.41) is 0. The fourth-order valence-corrected chi connectivity index (χ4v) is 2.06. The zero-order valence-electron chi connectivity index (χ0n) is 13.6. The second kappa shape index (κ2) is 11.0. The Hall–Kier alpha value is -0.850. The molecule has 0 saturated carbocycles. The first-order chi connectivity index (χ1) is 8.91. The van der Waals surface area contributed by atoms with E-state index < -0.39 is 0 Å². The Bertz CT molecular complexity index is 308. The molecule has 110 valence electrons. The van der Waals surface area contributed by atoms with Gasteiger partial charge in [-0.05, 0) is 58.8 Å². The Labute approximate surface area is 120 Å². The van der Waals surface area contributed by atoms with Crippen molar-refractivity contribution in [3.05, 3.63) is 23.3 Å². The Morgan fingerprint density at radius 2 is 1.42 bits per heavy atom. The molecule has 0 aliphatic heterocycles. The minimum atomic E-state index is 0.282. The van der Waals surface area contributed by atoms with E-state index in [0.717, 1.165) is 25.2 Å². The number of carbonyl (C=O) groups excluding carboxylic acids is 1. The molecule has 0 rings (SSSR count). The summed E-state index contributed by atoms with van der Waals surface area (Å²) in [7, 11) is 0. The summed E-state index contributed by atoms with van der Waals surface area (Å²) in [6.07, 6.45) is 12.3. The van der Waals surface area contributed by atoms with E-state index in [-0.39, 0.29) is 5.78 Å². The summed E-state index contributed by atoms with van der Waals surface area (Å²) in [6, 6.07) is 0. The van der Waals surface area contributed by atoms with E-state index in [2.05, 4.69) is 39.8 Å². The van der Waals surface area contributed by atoms with Gasteiger partial charge >= 0.3 is 0 Å². The van der Waals surface area contributed by atoms with Crippen LogP contribution < -0.4 is 0 Å². The third-order valence-electron chi connectivity index (χ3n) is 3.37. The molecule has 0 bridgehead atoms. The minimum Gasteiger partial charge on any atom is -0.300 e. The molecule has 19 heavy (non-hydrogen) atoms. The molecule has 0 radical (unpaired) electrons. The molecular formula is C18H32O. The largest absolute Gasteiger partial charge is 0.300 e. The van der Waals surface area contributed by atoms with Crippen LogP contribution in [-0.2, 0) is 4.79 Å². The maximum absolute atomic E-state index is 10.8. The van der Waals surface area contributed by atoms with E-state index in [4.69, 9.17) is 0 Å². The van der Waals surface area contributed by atoms with E-state index in [9.17, 15) is 4.79 Å². The molecule has 0 aromatic rings. The minimum absolute atomic E-state index is 0.282. The van der Waals surface area contributed by atoms with Crippen LogP contribution in [-0.4, -0.2) is 5.78 Å². The van der Waals surface area contributed by atoms with Crippen molar-refractivity contribution in [3.63, 3.8) is 0 Å². The van der Waals surface area contributed by atoms with Crippen molar-refractivity contribution >= 4 is 5.78 Å². The van der Waals surface area contributed by atoms with Crippen molar-refractivity contribution in [1.82, 2.24) is 0 Å². The summed E-state index contributed by atoms with van der Waals surface area (Å²) in [6.45, 7) is 10.6. The highest BCUT2D eigenvalue weighted by atomic mass is 16.1. The normalized spacial score (nSPS) is 13.2. The van der Waals surface area contributed by atoms with Crippen molar-refractivity contribution < 1.29 is 4.79 Å². The molecule has 0 N–H and O–H groups in total. The van der Waals surface area contributed by atoms with Gasteiger partial charge in [-0.3, -0.25) is 0 Å². The average molecular weight is 264 g/mol. The lowest BCUT2D eigenvalue weighted by atomic mass is 10.0. The number of rotatable bonds is 10. The Morgan fingerprint density at radius 1 is 0.895 bits per heavy atom. The maximum atomic E-state index is 10.8. The van der Waals surface area contributed by atoms with Gasteiger partial charge in [0.15, 0.2) is 0 Å². The van der Waals surface area contributed by atoms with Gasteiger partial charge in [0, 0.05) is 6.42 Å². The predicted octanol–water partition coefficient (Wildman–Crippen LogP) is 5.85. The van der Waals surface area contributed by atoms with Gasteiger partial charge in [-0.15, -0.1) is 0 Å². The lowest BCUT2D eigenvalue weighted by Gasteiger charge is -2.05. The Balaban J connectivity index is 3.77. The van der Waals surface area contributed by atoms with Crippen molar-refractivity contribution in [3.8, 4) is 0 Å². The zero-order chi connectivity index (χ0) is 14.7. The van der Waals surface area contributed by atoms with Gasteiger partial charge in [-0.25, -0.2) is 0 Å². The Morgan fingerprint density at radius 3 is 1.95 bits per heavy atom. The fraction of sp³-hybridized carbons (Fsp3) is 0.722. The first-order valence-electron chi connectivity index (χ1n) is 7.72.